The van der Waals surface area contributed by atoms with E-state index in [9.17, 15) is 18.0 Å². The van der Waals surface area contributed by atoms with Crippen LogP contribution >= 0.6 is 11.6 Å². The van der Waals surface area contributed by atoms with Gasteiger partial charge in [-0.2, -0.15) is 0 Å². The second-order valence-corrected chi connectivity index (χ2v) is 13.3. The molecular weight excluding hydrogens is 610 g/mol. The van der Waals surface area contributed by atoms with Crippen molar-refractivity contribution in [2.24, 2.45) is 0 Å². The second kappa shape index (κ2) is 15.1. The van der Waals surface area contributed by atoms with E-state index in [2.05, 4.69) is 5.32 Å². The molecule has 10 heteroatoms. The standard InChI is InChI=1S/C35H38ClN3O5S/c1-25(2)37-35(41)32(21-27-11-7-5-8-12-27)38(23-28-17-15-26(3)16-18-28)34(40)24-39(31-22-29(36)19-20-33(31)44-4)45(42,43)30-13-9-6-10-14-30/h5-20,22,25,32H,21,23-24H2,1-4H3,(H,37,41)/t32-/m1/s1. The smallest absolute Gasteiger partial charge is 0.264 e. The first kappa shape index (κ1) is 33.6. The lowest BCUT2D eigenvalue weighted by Gasteiger charge is -2.34. The summed E-state index contributed by atoms with van der Waals surface area (Å²) < 4.78 is 34.9. The van der Waals surface area contributed by atoms with E-state index < -0.39 is 28.5 Å². The number of rotatable bonds is 13. The first-order chi connectivity index (χ1) is 21.5. The average molecular weight is 648 g/mol. The molecule has 0 radical (unpaired) electrons. The monoisotopic (exact) mass is 647 g/mol. The molecule has 0 heterocycles. The number of carbonyl (C=O) groups excluding carboxylic acids is 2. The number of hydrogen-bond acceptors (Lipinski definition) is 5. The normalized spacial score (nSPS) is 12.0. The highest BCUT2D eigenvalue weighted by molar-refractivity contribution is 7.92. The Hall–Kier alpha value is -4.34. The van der Waals surface area contributed by atoms with Crippen LogP contribution < -0.4 is 14.4 Å². The maximum Gasteiger partial charge on any atom is 0.264 e. The predicted octanol–water partition coefficient (Wildman–Crippen LogP) is 6.02. The molecule has 1 N–H and O–H groups in total. The van der Waals surface area contributed by atoms with Crippen LogP contribution in [0.15, 0.2) is 108 Å². The Morgan fingerprint density at radius 3 is 2.09 bits per heavy atom. The van der Waals surface area contributed by atoms with E-state index in [-0.39, 0.29) is 46.3 Å². The molecule has 0 spiro atoms. The molecule has 1 atom stereocenters. The summed E-state index contributed by atoms with van der Waals surface area (Å²) in [6.07, 6.45) is 0.225. The summed E-state index contributed by atoms with van der Waals surface area (Å²) in [5, 5.41) is 3.22. The molecule has 0 aliphatic heterocycles. The molecule has 2 amide bonds. The van der Waals surface area contributed by atoms with Crippen molar-refractivity contribution in [1.29, 1.82) is 0 Å². The van der Waals surface area contributed by atoms with E-state index in [1.165, 1.54) is 30.2 Å². The Morgan fingerprint density at radius 1 is 0.867 bits per heavy atom. The molecule has 0 aliphatic rings. The Labute approximate surface area is 270 Å². The summed E-state index contributed by atoms with van der Waals surface area (Å²) in [5.41, 5.74) is 2.79. The van der Waals surface area contributed by atoms with Gasteiger partial charge in [0.15, 0.2) is 0 Å². The van der Waals surface area contributed by atoms with Crippen molar-refractivity contribution in [3.05, 3.63) is 125 Å². The molecule has 0 saturated carbocycles. The zero-order chi connectivity index (χ0) is 32.6. The van der Waals surface area contributed by atoms with Gasteiger partial charge in [0.1, 0.15) is 18.3 Å². The number of benzene rings is 4. The number of nitrogens with zero attached hydrogens (tertiary/aromatic N) is 2. The number of nitrogens with one attached hydrogen (secondary N) is 1. The molecular formula is C35H38ClN3O5S. The lowest BCUT2D eigenvalue weighted by molar-refractivity contribution is -0.140. The molecule has 236 valence electrons. The van der Waals surface area contributed by atoms with Gasteiger partial charge in [-0.15, -0.1) is 0 Å². The van der Waals surface area contributed by atoms with Gasteiger partial charge in [0.05, 0.1) is 17.7 Å². The van der Waals surface area contributed by atoms with Crippen molar-refractivity contribution in [2.75, 3.05) is 18.0 Å². The number of hydrogen-bond donors (Lipinski definition) is 1. The van der Waals surface area contributed by atoms with E-state index in [4.69, 9.17) is 16.3 Å². The largest absolute Gasteiger partial charge is 0.495 e. The van der Waals surface area contributed by atoms with Crippen LogP contribution in [0, 0.1) is 6.92 Å². The average Bonchev–Trinajstić information content (AvgIpc) is 3.02. The SMILES string of the molecule is COc1ccc(Cl)cc1N(CC(=O)N(Cc1ccc(C)cc1)[C@H](Cc1ccccc1)C(=O)NC(C)C)S(=O)(=O)c1ccccc1. The second-order valence-electron chi connectivity index (χ2n) is 11.0. The summed E-state index contributed by atoms with van der Waals surface area (Å²) in [6, 6.07) is 28.4. The highest BCUT2D eigenvalue weighted by atomic mass is 35.5. The summed E-state index contributed by atoms with van der Waals surface area (Å²) in [4.78, 5) is 29.8. The van der Waals surface area contributed by atoms with E-state index in [0.29, 0.717) is 0 Å². The number of carbonyl (C=O) groups is 2. The Bertz CT molecular complexity index is 1700. The lowest BCUT2D eigenvalue weighted by Crippen LogP contribution is -2.54. The van der Waals surface area contributed by atoms with E-state index in [1.54, 1.807) is 30.3 Å². The zero-order valence-corrected chi connectivity index (χ0v) is 27.4. The van der Waals surface area contributed by atoms with Crippen molar-refractivity contribution < 1.29 is 22.7 Å². The lowest BCUT2D eigenvalue weighted by atomic mass is 10.0. The minimum Gasteiger partial charge on any atom is -0.495 e. The highest BCUT2D eigenvalue weighted by Gasteiger charge is 2.35. The van der Waals surface area contributed by atoms with Gasteiger partial charge in [0.2, 0.25) is 11.8 Å². The molecule has 4 aromatic carbocycles. The molecule has 8 nitrogen and oxygen atoms in total. The molecule has 0 aliphatic carbocycles. The van der Waals surface area contributed by atoms with Gasteiger partial charge in [-0.1, -0.05) is 90.0 Å². The zero-order valence-electron chi connectivity index (χ0n) is 25.8. The number of sulfonamides is 1. The molecule has 0 unspecified atom stereocenters. The number of amides is 2. The molecule has 4 aromatic rings. The Kier molecular flexibility index (Phi) is 11.3. The molecule has 45 heavy (non-hydrogen) atoms. The Balaban J connectivity index is 1.84. The van der Waals surface area contributed by atoms with E-state index in [1.807, 2.05) is 75.4 Å². The predicted molar refractivity (Wildman–Crippen MR) is 178 cm³/mol. The minimum absolute atomic E-state index is 0.0108. The molecule has 4 rings (SSSR count). The van der Waals surface area contributed by atoms with Gasteiger partial charge in [0.25, 0.3) is 10.0 Å². The molecule has 0 saturated heterocycles. The number of aryl methyl sites for hydroxylation is 1. The summed E-state index contributed by atoms with van der Waals surface area (Å²) in [5.74, 6) is -0.695. The molecule has 0 fully saturated rings. The van der Waals surface area contributed by atoms with Gasteiger partial charge >= 0.3 is 0 Å². The van der Waals surface area contributed by atoms with E-state index in [0.717, 1.165) is 21.0 Å². The van der Waals surface area contributed by atoms with Crippen LogP contribution in [0.25, 0.3) is 0 Å². The van der Waals surface area contributed by atoms with Gasteiger partial charge in [-0.3, -0.25) is 13.9 Å². The van der Waals surface area contributed by atoms with Gasteiger partial charge in [-0.05, 0) is 62.2 Å². The maximum atomic E-state index is 14.5. The first-order valence-corrected chi connectivity index (χ1v) is 16.4. The van der Waals surface area contributed by atoms with Crippen LogP contribution in [0.1, 0.15) is 30.5 Å². The fourth-order valence-electron chi connectivity index (χ4n) is 4.92. The quantitative estimate of drug-likeness (QED) is 0.192. The Morgan fingerprint density at radius 2 is 1.49 bits per heavy atom. The highest BCUT2D eigenvalue weighted by Crippen LogP contribution is 2.35. The first-order valence-electron chi connectivity index (χ1n) is 14.6. The number of ether oxygens (including phenoxy) is 1. The number of halogens is 1. The van der Waals surface area contributed by atoms with Gasteiger partial charge < -0.3 is 15.0 Å². The van der Waals surface area contributed by atoms with Crippen molar-refractivity contribution in [3.63, 3.8) is 0 Å². The third-order valence-electron chi connectivity index (χ3n) is 7.20. The fraction of sp³-hybridized carbons (Fsp3) is 0.257. The minimum atomic E-state index is -4.29. The van der Waals surface area contributed by atoms with Crippen molar-refractivity contribution in [3.8, 4) is 5.75 Å². The van der Waals surface area contributed by atoms with Gasteiger partial charge in [-0.25, -0.2) is 8.42 Å². The van der Waals surface area contributed by atoms with Crippen LogP contribution in [0.4, 0.5) is 5.69 Å². The summed E-state index contributed by atoms with van der Waals surface area (Å²) in [6.45, 7) is 5.13. The van der Waals surface area contributed by atoms with Gasteiger partial charge in [0, 0.05) is 24.0 Å². The molecule has 0 aromatic heterocycles. The van der Waals surface area contributed by atoms with E-state index >= 15 is 0 Å². The van der Waals surface area contributed by atoms with Crippen molar-refractivity contribution in [1.82, 2.24) is 10.2 Å². The van der Waals surface area contributed by atoms with Crippen LogP contribution in [0.2, 0.25) is 5.02 Å². The number of anilines is 1. The summed E-state index contributed by atoms with van der Waals surface area (Å²) >= 11 is 6.34. The third-order valence-corrected chi connectivity index (χ3v) is 9.20. The van der Waals surface area contributed by atoms with Crippen molar-refractivity contribution >= 4 is 39.1 Å². The van der Waals surface area contributed by atoms with Crippen LogP contribution in [-0.2, 0) is 32.6 Å². The summed E-state index contributed by atoms with van der Waals surface area (Å²) in [7, 11) is -2.87. The molecule has 0 bridgehead atoms. The van der Waals surface area contributed by atoms with Crippen molar-refractivity contribution in [2.45, 2.75) is 50.7 Å². The van der Waals surface area contributed by atoms with Crippen LogP contribution in [0.3, 0.4) is 0 Å². The maximum absolute atomic E-state index is 14.5. The number of methoxy groups -OCH3 is 1. The fourth-order valence-corrected chi connectivity index (χ4v) is 6.52. The van der Waals surface area contributed by atoms with Crippen LogP contribution in [0.5, 0.6) is 5.75 Å². The van der Waals surface area contributed by atoms with Crippen LogP contribution in [-0.4, -0.2) is 50.9 Å². The third kappa shape index (κ3) is 8.65. The topological polar surface area (TPSA) is 96.0 Å².